The molecule has 0 aliphatic heterocycles. The first-order chi connectivity index (χ1) is 6.77. The molecule has 0 atom stereocenters. The Morgan fingerprint density at radius 3 is 2.71 bits per heavy atom. The number of hydrogen-bond acceptors (Lipinski definition) is 3. The van der Waals surface area contributed by atoms with E-state index in [4.69, 9.17) is 15.2 Å². The lowest BCUT2D eigenvalue weighted by Gasteiger charge is -2.07. The summed E-state index contributed by atoms with van der Waals surface area (Å²) in [5, 5.41) is 0. The SMILES string of the molecule is COCCCc1cc(OC)ccc1N. The molecular formula is C11H17NO2. The smallest absolute Gasteiger partial charge is 0.119 e. The summed E-state index contributed by atoms with van der Waals surface area (Å²) in [6.07, 6.45) is 1.91. The van der Waals surface area contributed by atoms with Crippen molar-refractivity contribution in [2.45, 2.75) is 12.8 Å². The highest BCUT2D eigenvalue weighted by Crippen LogP contribution is 2.20. The molecule has 14 heavy (non-hydrogen) atoms. The van der Waals surface area contributed by atoms with Gasteiger partial charge >= 0.3 is 0 Å². The molecule has 3 nitrogen and oxygen atoms in total. The summed E-state index contributed by atoms with van der Waals surface area (Å²) in [5.41, 5.74) is 7.78. The van der Waals surface area contributed by atoms with Gasteiger partial charge in [-0.05, 0) is 36.6 Å². The Morgan fingerprint density at radius 1 is 1.29 bits per heavy atom. The number of benzene rings is 1. The highest BCUT2D eigenvalue weighted by molar-refractivity contribution is 5.50. The number of ether oxygens (including phenoxy) is 2. The van der Waals surface area contributed by atoms with Crippen LogP contribution in [0.15, 0.2) is 18.2 Å². The largest absolute Gasteiger partial charge is 0.497 e. The summed E-state index contributed by atoms with van der Waals surface area (Å²) in [4.78, 5) is 0. The monoisotopic (exact) mass is 195 g/mol. The van der Waals surface area contributed by atoms with E-state index in [0.29, 0.717) is 0 Å². The van der Waals surface area contributed by atoms with Crippen molar-refractivity contribution >= 4 is 5.69 Å². The van der Waals surface area contributed by atoms with Crippen molar-refractivity contribution in [3.63, 3.8) is 0 Å². The number of anilines is 1. The first-order valence-electron chi connectivity index (χ1n) is 4.69. The number of methoxy groups -OCH3 is 2. The van der Waals surface area contributed by atoms with Crippen LogP contribution < -0.4 is 10.5 Å². The summed E-state index contributed by atoms with van der Waals surface area (Å²) in [6.45, 7) is 0.761. The van der Waals surface area contributed by atoms with Gasteiger partial charge in [0.15, 0.2) is 0 Å². The Morgan fingerprint density at radius 2 is 2.07 bits per heavy atom. The second-order valence-corrected chi connectivity index (χ2v) is 3.16. The van der Waals surface area contributed by atoms with Gasteiger partial charge in [-0.25, -0.2) is 0 Å². The molecule has 0 aliphatic carbocycles. The van der Waals surface area contributed by atoms with Crippen LogP contribution >= 0.6 is 0 Å². The topological polar surface area (TPSA) is 44.5 Å². The molecule has 1 aromatic rings. The molecule has 0 unspecified atom stereocenters. The Kier molecular flexibility index (Phi) is 4.26. The van der Waals surface area contributed by atoms with E-state index >= 15 is 0 Å². The maximum atomic E-state index is 5.83. The van der Waals surface area contributed by atoms with E-state index in [0.717, 1.165) is 36.4 Å². The van der Waals surface area contributed by atoms with Gasteiger partial charge in [0.2, 0.25) is 0 Å². The molecule has 0 saturated carbocycles. The Labute approximate surface area is 84.8 Å². The first-order valence-corrected chi connectivity index (χ1v) is 4.69. The lowest BCUT2D eigenvalue weighted by molar-refractivity contribution is 0.195. The quantitative estimate of drug-likeness (QED) is 0.576. The third-order valence-electron chi connectivity index (χ3n) is 2.14. The number of hydrogen-bond donors (Lipinski definition) is 1. The lowest BCUT2D eigenvalue weighted by atomic mass is 10.1. The third kappa shape index (κ3) is 2.92. The van der Waals surface area contributed by atoms with Crippen LogP contribution in [0.25, 0.3) is 0 Å². The van der Waals surface area contributed by atoms with Crippen LogP contribution in [0.1, 0.15) is 12.0 Å². The Hall–Kier alpha value is -1.22. The van der Waals surface area contributed by atoms with Crippen molar-refractivity contribution in [2.75, 3.05) is 26.6 Å². The standard InChI is InChI=1S/C11H17NO2/c1-13-7-3-4-9-8-10(14-2)5-6-11(9)12/h5-6,8H,3-4,7,12H2,1-2H3. The van der Waals surface area contributed by atoms with Gasteiger partial charge in [0.25, 0.3) is 0 Å². The van der Waals surface area contributed by atoms with Crippen LogP contribution in [0.2, 0.25) is 0 Å². The van der Waals surface area contributed by atoms with Gasteiger partial charge in [0.1, 0.15) is 5.75 Å². The van der Waals surface area contributed by atoms with Crippen LogP contribution in [0, 0.1) is 0 Å². The van der Waals surface area contributed by atoms with Crippen molar-refractivity contribution in [3.8, 4) is 5.75 Å². The van der Waals surface area contributed by atoms with Gasteiger partial charge in [-0.1, -0.05) is 0 Å². The molecule has 1 aromatic carbocycles. The van der Waals surface area contributed by atoms with Crippen LogP contribution in [0.4, 0.5) is 5.69 Å². The molecule has 0 aliphatic rings. The van der Waals surface area contributed by atoms with E-state index in [9.17, 15) is 0 Å². The molecule has 0 heterocycles. The van der Waals surface area contributed by atoms with Crippen LogP contribution in [-0.4, -0.2) is 20.8 Å². The average molecular weight is 195 g/mol. The zero-order valence-electron chi connectivity index (χ0n) is 8.75. The number of rotatable bonds is 5. The second kappa shape index (κ2) is 5.50. The molecule has 0 radical (unpaired) electrons. The fourth-order valence-corrected chi connectivity index (χ4v) is 1.33. The predicted octanol–water partition coefficient (Wildman–Crippen LogP) is 1.86. The summed E-state index contributed by atoms with van der Waals surface area (Å²) in [6, 6.07) is 5.72. The van der Waals surface area contributed by atoms with Gasteiger partial charge in [-0.15, -0.1) is 0 Å². The summed E-state index contributed by atoms with van der Waals surface area (Å²) >= 11 is 0. The lowest BCUT2D eigenvalue weighted by Crippen LogP contribution is -1.98. The van der Waals surface area contributed by atoms with Gasteiger partial charge in [-0.2, -0.15) is 0 Å². The molecule has 0 amide bonds. The normalized spacial score (nSPS) is 10.1. The molecule has 2 N–H and O–H groups in total. The molecule has 78 valence electrons. The minimum atomic E-state index is 0.761. The molecule has 0 aromatic heterocycles. The molecule has 1 rings (SSSR count). The van der Waals surface area contributed by atoms with Gasteiger partial charge in [0.05, 0.1) is 7.11 Å². The Balaban J connectivity index is 2.64. The van der Waals surface area contributed by atoms with Crippen molar-refractivity contribution in [1.82, 2.24) is 0 Å². The van der Waals surface area contributed by atoms with Crippen molar-refractivity contribution in [2.24, 2.45) is 0 Å². The van der Waals surface area contributed by atoms with E-state index in [-0.39, 0.29) is 0 Å². The average Bonchev–Trinajstić information content (AvgIpc) is 2.21. The number of nitrogens with two attached hydrogens (primary N) is 1. The zero-order valence-corrected chi connectivity index (χ0v) is 8.75. The maximum Gasteiger partial charge on any atom is 0.119 e. The summed E-state index contributed by atoms with van der Waals surface area (Å²) in [5.74, 6) is 0.853. The molecular weight excluding hydrogens is 178 g/mol. The minimum Gasteiger partial charge on any atom is -0.497 e. The molecule has 0 spiro atoms. The van der Waals surface area contributed by atoms with E-state index < -0.39 is 0 Å². The fraction of sp³-hybridized carbons (Fsp3) is 0.455. The summed E-state index contributed by atoms with van der Waals surface area (Å²) in [7, 11) is 3.36. The highest BCUT2D eigenvalue weighted by Gasteiger charge is 2.01. The Bertz CT molecular complexity index is 287. The van der Waals surface area contributed by atoms with Crippen molar-refractivity contribution in [3.05, 3.63) is 23.8 Å². The van der Waals surface area contributed by atoms with Crippen molar-refractivity contribution in [1.29, 1.82) is 0 Å². The van der Waals surface area contributed by atoms with E-state index in [1.165, 1.54) is 0 Å². The molecule has 0 saturated heterocycles. The van der Waals surface area contributed by atoms with E-state index in [2.05, 4.69) is 0 Å². The van der Waals surface area contributed by atoms with Gasteiger partial charge in [0, 0.05) is 19.4 Å². The summed E-state index contributed by atoms with van der Waals surface area (Å²) < 4.78 is 10.1. The van der Waals surface area contributed by atoms with E-state index in [1.54, 1.807) is 14.2 Å². The molecule has 0 fully saturated rings. The predicted molar refractivity (Wildman–Crippen MR) is 57.6 cm³/mol. The first kappa shape index (κ1) is 10.9. The molecule has 3 heteroatoms. The van der Waals surface area contributed by atoms with Crippen LogP contribution in [-0.2, 0) is 11.2 Å². The zero-order chi connectivity index (χ0) is 10.4. The van der Waals surface area contributed by atoms with Gasteiger partial charge in [-0.3, -0.25) is 0 Å². The molecule has 0 bridgehead atoms. The van der Waals surface area contributed by atoms with Crippen LogP contribution in [0.5, 0.6) is 5.75 Å². The third-order valence-corrected chi connectivity index (χ3v) is 2.14. The van der Waals surface area contributed by atoms with Gasteiger partial charge < -0.3 is 15.2 Å². The maximum absolute atomic E-state index is 5.83. The number of nitrogen functional groups attached to an aromatic ring is 1. The second-order valence-electron chi connectivity index (χ2n) is 3.16. The fourth-order valence-electron chi connectivity index (χ4n) is 1.33. The van der Waals surface area contributed by atoms with Crippen LogP contribution in [0.3, 0.4) is 0 Å². The van der Waals surface area contributed by atoms with E-state index in [1.807, 2.05) is 18.2 Å². The van der Waals surface area contributed by atoms with Crippen molar-refractivity contribution < 1.29 is 9.47 Å². The minimum absolute atomic E-state index is 0.761. The number of aryl methyl sites for hydroxylation is 1. The highest BCUT2D eigenvalue weighted by atomic mass is 16.5.